The van der Waals surface area contributed by atoms with Crippen molar-refractivity contribution in [3.63, 3.8) is 0 Å². The SMILES string of the molecule is Cc1cc(C)cc(-c2[nH]c3ccc(C(C)(C)C(=O)N4CCCC4)cc3c2CCN)c1. The molecule has 4 rings (SSSR count). The van der Waals surface area contributed by atoms with Gasteiger partial charge in [-0.3, -0.25) is 4.79 Å². The number of aryl methyl sites for hydroxylation is 2. The maximum absolute atomic E-state index is 13.2. The molecule has 1 aliphatic heterocycles. The molecule has 1 saturated heterocycles. The fourth-order valence-electron chi connectivity index (χ4n) is 4.84. The largest absolute Gasteiger partial charge is 0.354 e. The van der Waals surface area contributed by atoms with Crippen molar-refractivity contribution in [2.75, 3.05) is 19.6 Å². The van der Waals surface area contributed by atoms with Crippen LogP contribution in [0.3, 0.4) is 0 Å². The molecule has 1 aromatic heterocycles. The van der Waals surface area contributed by atoms with Crippen molar-refractivity contribution in [3.8, 4) is 11.3 Å². The Kier molecular flexibility index (Phi) is 5.46. The van der Waals surface area contributed by atoms with Crippen LogP contribution < -0.4 is 5.73 Å². The molecule has 0 aliphatic carbocycles. The Morgan fingerprint density at radius 2 is 1.73 bits per heavy atom. The number of benzene rings is 2. The van der Waals surface area contributed by atoms with E-state index in [9.17, 15) is 4.79 Å². The lowest BCUT2D eigenvalue weighted by atomic mass is 9.82. The first-order valence-corrected chi connectivity index (χ1v) is 11.0. The number of hydrogen-bond donors (Lipinski definition) is 2. The van der Waals surface area contributed by atoms with Crippen molar-refractivity contribution < 1.29 is 4.79 Å². The predicted octanol–water partition coefficient (Wildman–Crippen LogP) is 4.85. The third-order valence-corrected chi connectivity index (χ3v) is 6.46. The van der Waals surface area contributed by atoms with Gasteiger partial charge in [-0.2, -0.15) is 0 Å². The molecule has 4 nitrogen and oxygen atoms in total. The summed E-state index contributed by atoms with van der Waals surface area (Å²) in [4.78, 5) is 18.9. The summed E-state index contributed by atoms with van der Waals surface area (Å²) in [6.07, 6.45) is 3.02. The number of nitrogens with zero attached hydrogens (tertiary/aromatic N) is 1. The van der Waals surface area contributed by atoms with Gasteiger partial charge in [0.1, 0.15) is 0 Å². The number of carbonyl (C=O) groups excluding carboxylic acids is 1. The Bertz CT molecular complexity index is 1070. The van der Waals surface area contributed by atoms with Crippen LogP contribution in [0.2, 0.25) is 0 Å². The van der Waals surface area contributed by atoms with Crippen molar-refractivity contribution in [1.29, 1.82) is 0 Å². The van der Waals surface area contributed by atoms with E-state index >= 15 is 0 Å². The summed E-state index contributed by atoms with van der Waals surface area (Å²) in [5.74, 6) is 0.227. The van der Waals surface area contributed by atoms with Gasteiger partial charge in [0.15, 0.2) is 0 Å². The van der Waals surface area contributed by atoms with E-state index < -0.39 is 5.41 Å². The average molecular weight is 404 g/mol. The average Bonchev–Trinajstić information content (AvgIpc) is 3.35. The van der Waals surface area contributed by atoms with Crippen LogP contribution in [-0.4, -0.2) is 35.4 Å². The first-order valence-electron chi connectivity index (χ1n) is 11.0. The first-order chi connectivity index (χ1) is 14.3. The van der Waals surface area contributed by atoms with Gasteiger partial charge in [-0.25, -0.2) is 0 Å². The summed E-state index contributed by atoms with van der Waals surface area (Å²) in [6.45, 7) is 10.7. The summed E-state index contributed by atoms with van der Waals surface area (Å²) < 4.78 is 0. The van der Waals surface area contributed by atoms with Crippen LogP contribution >= 0.6 is 0 Å². The number of aromatic nitrogens is 1. The molecule has 3 aromatic rings. The Hall–Kier alpha value is -2.59. The molecule has 2 heterocycles. The first kappa shape index (κ1) is 20.7. The quantitative estimate of drug-likeness (QED) is 0.639. The minimum atomic E-state index is -0.546. The van der Waals surface area contributed by atoms with E-state index in [2.05, 4.69) is 69.1 Å². The molecule has 30 heavy (non-hydrogen) atoms. The predicted molar refractivity (Wildman–Crippen MR) is 125 cm³/mol. The molecule has 1 amide bonds. The van der Waals surface area contributed by atoms with E-state index in [4.69, 9.17) is 5.73 Å². The molecule has 0 spiro atoms. The van der Waals surface area contributed by atoms with E-state index in [0.29, 0.717) is 6.54 Å². The number of carbonyl (C=O) groups is 1. The second-order valence-electron chi connectivity index (χ2n) is 9.28. The number of amides is 1. The van der Waals surface area contributed by atoms with Gasteiger partial charge in [0.25, 0.3) is 0 Å². The zero-order valence-electron chi connectivity index (χ0n) is 18.6. The van der Waals surface area contributed by atoms with Crippen LogP contribution in [0.4, 0.5) is 0 Å². The highest BCUT2D eigenvalue weighted by molar-refractivity contribution is 5.94. The molecule has 1 fully saturated rings. The lowest BCUT2D eigenvalue weighted by Crippen LogP contribution is -2.41. The van der Waals surface area contributed by atoms with Gasteiger partial charge in [-0.1, -0.05) is 23.3 Å². The highest BCUT2D eigenvalue weighted by Crippen LogP contribution is 2.35. The summed E-state index contributed by atoms with van der Waals surface area (Å²) in [6, 6.07) is 13.1. The van der Waals surface area contributed by atoms with Gasteiger partial charge in [-0.05, 0) is 94.5 Å². The third kappa shape index (κ3) is 3.65. The van der Waals surface area contributed by atoms with Crippen molar-refractivity contribution in [3.05, 3.63) is 58.7 Å². The van der Waals surface area contributed by atoms with Crippen LogP contribution in [0, 0.1) is 13.8 Å². The maximum Gasteiger partial charge on any atom is 0.232 e. The smallest absolute Gasteiger partial charge is 0.232 e. The number of fused-ring (bicyclic) bond motifs is 1. The van der Waals surface area contributed by atoms with Gasteiger partial charge < -0.3 is 15.6 Å². The van der Waals surface area contributed by atoms with Gasteiger partial charge >= 0.3 is 0 Å². The highest BCUT2D eigenvalue weighted by Gasteiger charge is 2.35. The van der Waals surface area contributed by atoms with E-state index in [1.807, 2.05) is 4.90 Å². The van der Waals surface area contributed by atoms with Crippen molar-refractivity contribution in [2.24, 2.45) is 5.73 Å². The molecule has 1 aliphatic rings. The molecule has 158 valence electrons. The fraction of sp³-hybridized carbons (Fsp3) is 0.423. The highest BCUT2D eigenvalue weighted by atomic mass is 16.2. The third-order valence-electron chi connectivity index (χ3n) is 6.46. The van der Waals surface area contributed by atoms with Crippen LogP contribution in [-0.2, 0) is 16.6 Å². The van der Waals surface area contributed by atoms with Gasteiger partial charge in [0, 0.05) is 29.7 Å². The lowest BCUT2D eigenvalue weighted by molar-refractivity contribution is -0.135. The number of nitrogens with one attached hydrogen (secondary N) is 1. The summed E-state index contributed by atoms with van der Waals surface area (Å²) in [5.41, 5.74) is 13.7. The maximum atomic E-state index is 13.2. The van der Waals surface area contributed by atoms with E-state index in [0.717, 1.165) is 49.1 Å². The van der Waals surface area contributed by atoms with Gasteiger partial charge in [0.2, 0.25) is 5.91 Å². The molecular weight excluding hydrogens is 370 g/mol. The summed E-state index contributed by atoms with van der Waals surface area (Å²) in [7, 11) is 0. The van der Waals surface area contributed by atoms with E-state index in [-0.39, 0.29) is 5.91 Å². The van der Waals surface area contributed by atoms with E-state index in [1.54, 1.807) is 0 Å². The van der Waals surface area contributed by atoms with E-state index in [1.165, 1.54) is 27.6 Å². The zero-order chi connectivity index (χ0) is 21.5. The molecular formula is C26H33N3O. The topological polar surface area (TPSA) is 62.1 Å². The Morgan fingerprint density at radius 1 is 1.07 bits per heavy atom. The number of nitrogens with two attached hydrogens (primary N) is 1. The van der Waals surface area contributed by atoms with Crippen LogP contribution in [0.25, 0.3) is 22.2 Å². The summed E-state index contributed by atoms with van der Waals surface area (Å²) >= 11 is 0. The fourth-order valence-corrected chi connectivity index (χ4v) is 4.84. The Labute approximate surface area is 179 Å². The normalized spacial score (nSPS) is 14.6. The molecule has 4 heteroatoms. The number of H-pyrrole nitrogens is 1. The molecule has 3 N–H and O–H groups in total. The van der Waals surface area contributed by atoms with Gasteiger partial charge in [-0.15, -0.1) is 0 Å². The van der Waals surface area contributed by atoms with Crippen molar-refractivity contribution in [2.45, 2.75) is 52.4 Å². The number of aromatic amines is 1. The van der Waals surface area contributed by atoms with Crippen molar-refractivity contribution in [1.82, 2.24) is 9.88 Å². The number of rotatable bonds is 5. The molecule has 0 atom stereocenters. The monoisotopic (exact) mass is 403 g/mol. The molecule has 0 bridgehead atoms. The molecule has 0 unspecified atom stereocenters. The molecule has 0 saturated carbocycles. The minimum Gasteiger partial charge on any atom is -0.354 e. The zero-order valence-corrected chi connectivity index (χ0v) is 18.6. The minimum absolute atomic E-state index is 0.227. The second-order valence-corrected chi connectivity index (χ2v) is 9.28. The van der Waals surface area contributed by atoms with Crippen LogP contribution in [0.15, 0.2) is 36.4 Å². The summed E-state index contributed by atoms with van der Waals surface area (Å²) in [5, 5.41) is 1.18. The number of hydrogen-bond acceptors (Lipinski definition) is 2. The Morgan fingerprint density at radius 3 is 2.37 bits per heavy atom. The standard InChI is InChI=1S/C26H33N3O/c1-17-13-18(2)15-19(14-17)24-21(9-10-27)22-16-20(7-8-23(22)28-24)26(3,4)25(30)29-11-5-6-12-29/h7-8,13-16,28H,5-6,9-12,27H2,1-4H3. The van der Waals surface area contributed by atoms with Crippen molar-refractivity contribution >= 4 is 16.8 Å². The Balaban J connectivity index is 1.82. The van der Waals surface area contributed by atoms with Crippen LogP contribution in [0.1, 0.15) is 48.9 Å². The number of likely N-dealkylation sites (tertiary alicyclic amines) is 1. The van der Waals surface area contributed by atoms with Gasteiger partial charge in [0.05, 0.1) is 5.41 Å². The second kappa shape index (κ2) is 7.92. The molecule has 2 aromatic carbocycles. The van der Waals surface area contributed by atoms with Crippen LogP contribution in [0.5, 0.6) is 0 Å². The molecule has 0 radical (unpaired) electrons. The lowest BCUT2D eigenvalue weighted by Gasteiger charge is -2.29.